The van der Waals surface area contributed by atoms with Crippen LogP contribution in [-0.4, -0.2) is 38.4 Å². The number of rotatable bonds is 5. The number of piperidine rings is 1. The van der Waals surface area contributed by atoms with Crippen LogP contribution in [0, 0.1) is 0 Å². The second-order valence-electron chi connectivity index (χ2n) is 8.30. The fraction of sp³-hybridized carbons (Fsp3) is 0.375. The predicted octanol–water partition coefficient (Wildman–Crippen LogP) is 4.54. The molecule has 2 heterocycles. The molecule has 0 radical (unpaired) electrons. The molecule has 4 rings (SSSR count). The molecule has 0 unspecified atom stereocenters. The van der Waals surface area contributed by atoms with E-state index in [1.54, 1.807) is 9.47 Å². The first kappa shape index (κ1) is 23.6. The Bertz CT molecular complexity index is 1200. The van der Waals surface area contributed by atoms with Crippen LogP contribution in [0.25, 0.3) is 0 Å². The maximum atomic E-state index is 12.9. The van der Waals surface area contributed by atoms with Crippen molar-refractivity contribution in [3.63, 3.8) is 0 Å². The zero-order chi connectivity index (χ0) is 24.3. The van der Waals surface area contributed by atoms with Crippen molar-refractivity contribution in [1.82, 2.24) is 19.2 Å². The molecule has 1 aliphatic heterocycles. The van der Waals surface area contributed by atoms with Gasteiger partial charge in [0.1, 0.15) is 5.82 Å². The lowest BCUT2D eigenvalue weighted by atomic mass is 9.96. The minimum atomic E-state index is -4.47. The summed E-state index contributed by atoms with van der Waals surface area (Å²) >= 11 is 0. The van der Waals surface area contributed by atoms with Gasteiger partial charge in [0.15, 0.2) is 0 Å². The molecule has 1 fully saturated rings. The fourth-order valence-electron chi connectivity index (χ4n) is 4.23. The van der Waals surface area contributed by atoms with E-state index in [9.17, 15) is 22.8 Å². The van der Waals surface area contributed by atoms with Gasteiger partial charge in [0.05, 0.1) is 12.1 Å². The van der Waals surface area contributed by atoms with Gasteiger partial charge in [-0.1, -0.05) is 36.4 Å². The van der Waals surface area contributed by atoms with E-state index in [1.165, 1.54) is 16.8 Å². The number of hydrogen-bond donors (Lipinski definition) is 1. The number of halogens is 3. The van der Waals surface area contributed by atoms with Crippen LogP contribution in [0.2, 0.25) is 0 Å². The third kappa shape index (κ3) is 5.16. The number of urea groups is 1. The van der Waals surface area contributed by atoms with Gasteiger partial charge in [-0.15, -0.1) is 0 Å². The summed E-state index contributed by atoms with van der Waals surface area (Å²) in [6.07, 6.45) is -3.26. The first-order valence-corrected chi connectivity index (χ1v) is 11.2. The van der Waals surface area contributed by atoms with Crippen LogP contribution < -0.4 is 11.0 Å². The molecule has 0 bridgehead atoms. The molecule has 180 valence electrons. The van der Waals surface area contributed by atoms with Crippen molar-refractivity contribution in [2.24, 2.45) is 0 Å². The lowest BCUT2D eigenvalue weighted by molar-refractivity contribution is -0.137. The number of benzene rings is 2. The summed E-state index contributed by atoms with van der Waals surface area (Å²) in [5, 5.41) is 7.17. The van der Waals surface area contributed by atoms with Gasteiger partial charge in [-0.2, -0.15) is 18.3 Å². The molecule has 0 spiro atoms. The van der Waals surface area contributed by atoms with Crippen molar-refractivity contribution in [2.45, 2.75) is 44.9 Å². The highest BCUT2D eigenvalue weighted by Gasteiger charge is 2.31. The SMILES string of the molecule is CCn1c(C2CCN(C(=O)Nc3cccc(C(F)(F)F)c3)CC2)nn(Cc2ccccc2)c1=O. The van der Waals surface area contributed by atoms with Crippen molar-refractivity contribution < 1.29 is 18.0 Å². The molecular formula is C24H26F3N5O2. The Hall–Kier alpha value is -3.56. The van der Waals surface area contributed by atoms with Gasteiger partial charge in [-0.25, -0.2) is 14.3 Å². The largest absolute Gasteiger partial charge is 0.416 e. The fourth-order valence-corrected chi connectivity index (χ4v) is 4.23. The topological polar surface area (TPSA) is 72.2 Å². The maximum Gasteiger partial charge on any atom is 0.416 e. The lowest BCUT2D eigenvalue weighted by Crippen LogP contribution is -2.41. The van der Waals surface area contributed by atoms with Crippen LogP contribution >= 0.6 is 0 Å². The van der Waals surface area contributed by atoms with Gasteiger partial charge in [0, 0.05) is 31.2 Å². The summed E-state index contributed by atoms with van der Waals surface area (Å²) in [5.41, 5.74) is 0.109. The van der Waals surface area contributed by atoms with E-state index in [0.717, 1.165) is 17.7 Å². The van der Waals surface area contributed by atoms with Crippen LogP contribution in [0.15, 0.2) is 59.4 Å². The van der Waals surface area contributed by atoms with Crippen LogP contribution in [0.3, 0.4) is 0 Å². The van der Waals surface area contributed by atoms with E-state index in [4.69, 9.17) is 0 Å². The molecule has 1 saturated heterocycles. The van der Waals surface area contributed by atoms with Gasteiger partial charge in [0.25, 0.3) is 0 Å². The Morgan fingerprint density at radius 2 is 1.79 bits per heavy atom. The normalized spacial score (nSPS) is 14.9. The molecule has 10 heteroatoms. The van der Waals surface area contributed by atoms with Crippen LogP contribution in [0.4, 0.5) is 23.7 Å². The van der Waals surface area contributed by atoms with Gasteiger partial charge in [-0.3, -0.25) is 4.57 Å². The van der Waals surface area contributed by atoms with Gasteiger partial charge < -0.3 is 10.2 Å². The zero-order valence-electron chi connectivity index (χ0n) is 18.8. The summed E-state index contributed by atoms with van der Waals surface area (Å²) in [6.45, 7) is 3.62. The Morgan fingerprint density at radius 3 is 2.44 bits per heavy atom. The summed E-state index contributed by atoms with van der Waals surface area (Å²) < 4.78 is 41.9. The average molecular weight is 473 g/mol. The summed E-state index contributed by atoms with van der Waals surface area (Å²) in [7, 11) is 0. The molecule has 34 heavy (non-hydrogen) atoms. The second kappa shape index (κ2) is 9.74. The Morgan fingerprint density at radius 1 is 1.09 bits per heavy atom. The van der Waals surface area contributed by atoms with Crippen LogP contribution in [-0.2, 0) is 19.3 Å². The highest BCUT2D eigenvalue weighted by atomic mass is 19.4. The zero-order valence-corrected chi connectivity index (χ0v) is 18.8. The summed E-state index contributed by atoms with van der Waals surface area (Å²) in [6, 6.07) is 13.8. The molecule has 2 aromatic carbocycles. The van der Waals surface area contributed by atoms with Crippen molar-refractivity contribution in [1.29, 1.82) is 0 Å². The highest BCUT2D eigenvalue weighted by Crippen LogP contribution is 2.31. The second-order valence-corrected chi connectivity index (χ2v) is 8.30. The maximum absolute atomic E-state index is 12.9. The molecule has 2 amide bonds. The molecule has 1 aliphatic rings. The standard InChI is InChI=1S/C24H26F3N5O2/c1-2-31-21(29-32(23(31)34)16-17-7-4-3-5-8-17)18-11-13-30(14-12-18)22(33)28-20-10-6-9-19(15-20)24(25,26)27/h3-10,15,18H,2,11-14,16H2,1H3,(H,28,33). The van der Waals surface area contributed by atoms with Gasteiger partial charge in [0.2, 0.25) is 0 Å². The first-order valence-electron chi connectivity index (χ1n) is 11.2. The number of carbonyl (C=O) groups is 1. The Kier molecular flexibility index (Phi) is 6.76. The van der Waals surface area contributed by atoms with Crippen molar-refractivity contribution >= 4 is 11.7 Å². The van der Waals surface area contributed by atoms with Crippen LogP contribution in [0.5, 0.6) is 0 Å². The van der Waals surface area contributed by atoms with E-state index < -0.39 is 17.8 Å². The van der Waals surface area contributed by atoms with E-state index >= 15 is 0 Å². The van der Waals surface area contributed by atoms with E-state index in [0.29, 0.717) is 44.8 Å². The summed E-state index contributed by atoms with van der Waals surface area (Å²) in [4.78, 5) is 27.0. The Labute approximate surface area is 194 Å². The van der Waals surface area contributed by atoms with Crippen molar-refractivity contribution in [2.75, 3.05) is 18.4 Å². The monoisotopic (exact) mass is 473 g/mol. The highest BCUT2D eigenvalue weighted by molar-refractivity contribution is 5.89. The number of nitrogens with one attached hydrogen (secondary N) is 1. The van der Waals surface area contributed by atoms with Crippen molar-refractivity contribution in [3.8, 4) is 0 Å². The smallest absolute Gasteiger partial charge is 0.324 e. The molecule has 0 atom stereocenters. The average Bonchev–Trinajstić information content (AvgIpc) is 3.14. The molecule has 0 saturated carbocycles. The summed E-state index contributed by atoms with van der Waals surface area (Å²) in [5.74, 6) is 0.726. The first-order chi connectivity index (χ1) is 16.3. The molecular weight excluding hydrogens is 447 g/mol. The molecule has 1 aromatic heterocycles. The molecule has 3 aromatic rings. The van der Waals surface area contributed by atoms with E-state index in [-0.39, 0.29) is 17.3 Å². The third-order valence-electron chi connectivity index (χ3n) is 6.03. The number of likely N-dealkylation sites (tertiary alicyclic amines) is 1. The quantitative estimate of drug-likeness (QED) is 0.591. The van der Waals surface area contributed by atoms with E-state index in [1.807, 2.05) is 37.3 Å². The Balaban J connectivity index is 1.41. The molecule has 0 aliphatic carbocycles. The number of anilines is 1. The predicted molar refractivity (Wildman–Crippen MR) is 122 cm³/mol. The van der Waals surface area contributed by atoms with Gasteiger partial charge in [-0.05, 0) is 43.5 Å². The number of nitrogens with zero attached hydrogens (tertiary/aromatic N) is 4. The number of alkyl halides is 3. The molecule has 7 nitrogen and oxygen atoms in total. The number of aromatic nitrogens is 3. The lowest BCUT2D eigenvalue weighted by Gasteiger charge is -2.31. The minimum Gasteiger partial charge on any atom is -0.324 e. The van der Waals surface area contributed by atoms with Crippen molar-refractivity contribution in [3.05, 3.63) is 82.0 Å². The van der Waals surface area contributed by atoms with Gasteiger partial charge >= 0.3 is 17.9 Å². The number of amides is 2. The molecule has 1 N–H and O–H groups in total. The third-order valence-corrected chi connectivity index (χ3v) is 6.03. The number of carbonyl (C=O) groups excluding carboxylic acids is 1. The van der Waals surface area contributed by atoms with Crippen LogP contribution in [0.1, 0.15) is 42.6 Å². The number of hydrogen-bond acceptors (Lipinski definition) is 3. The van der Waals surface area contributed by atoms with E-state index in [2.05, 4.69) is 10.4 Å². The minimum absolute atomic E-state index is 0.0160.